The number of hydrogen-bond donors (Lipinski definition) is 0. The molecule has 0 saturated carbocycles. The number of ether oxygens (including phenoxy) is 2. The summed E-state index contributed by atoms with van der Waals surface area (Å²) in [7, 11) is 0. The van der Waals surface area contributed by atoms with Gasteiger partial charge in [-0.3, -0.25) is 9.69 Å². The molecule has 5 rings (SSSR count). The van der Waals surface area contributed by atoms with Crippen LogP contribution in [0.3, 0.4) is 0 Å². The first-order valence-electron chi connectivity index (χ1n) is 9.86. The molecule has 1 aromatic heterocycles. The molecule has 29 heavy (non-hydrogen) atoms. The highest BCUT2D eigenvalue weighted by atomic mass is 19.1. The zero-order valence-corrected chi connectivity index (χ0v) is 15.8. The number of hydrogen-bond acceptors (Lipinski definition) is 6. The van der Waals surface area contributed by atoms with Crippen molar-refractivity contribution in [3.05, 3.63) is 54.0 Å². The quantitative estimate of drug-likeness (QED) is 0.627. The minimum atomic E-state index is -0.323. The number of fused-ring (bicyclic) bond motifs is 3. The molecule has 2 aliphatic heterocycles. The normalized spacial score (nSPS) is 20.1. The van der Waals surface area contributed by atoms with E-state index in [1.54, 1.807) is 18.4 Å². The van der Waals surface area contributed by atoms with Gasteiger partial charge >= 0.3 is 0 Å². The Morgan fingerprint density at radius 3 is 2.72 bits per heavy atom. The molecule has 2 aliphatic rings. The number of piperidine rings is 1. The summed E-state index contributed by atoms with van der Waals surface area (Å²) in [6, 6.07) is 9.52. The highest BCUT2D eigenvalue weighted by Crippen LogP contribution is 2.38. The highest BCUT2D eigenvalue weighted by Gasteiger charge is 2.30. The van der Waals surface area contributed by atoms with E-state index in [0.717, 1.165) is 43.4 Å². The van der Waals surface area contributed by atoms with Gasteiger partial charge in [-0.15, -0.1) is 0 Å². The average Bonchev–Trinajstić information content (AvgIpc) is 3.24. The topological polar surface area (TPSA) is 64.8 Å². The van der Waals surface area contributed by atoms with Crippen LogP contribution in [0.2, 0.25) is 0 Å². The summed E-state index contributed by atoms with van der Waals surface area (Å²) in [4.78, 5) is 15.0. The third-order valence-corrected chi connectivity index (χ3v) is 5.72. The third-order valence-electron chi connectivity index (χ3n) is 5.72. The van der Waals surface area contributed by atoms with Gasteiger partial charge in [0.2, 0.25) is 0 Å². The molecule has 0 N–H and O–H groups in total. The second kappa shape index (κ2) is 7.48. The maximum absolute atomic E-state index is 13.1. The summed E-state index contributed by atoms with van der Waals surface area (Å²) >= 11 is 0. The highest BCUT2D eigenvalue weighted by molar-refractivity contribution is 5.97. The molecule has 150 valence electrons. The van der Waals surface area contributed by atoms with Crippen molar-refractivity contribution in [2.45, 2.75) is 18.9 Å². The molecular formula is C22H21FN2O4. The lowest BCUT2D eigenvalue weighted by Crippen LogP contribution is -2.45. The number of benzene rings is 2. The van der Waals surface area contributed by atoms with Crippen molar-refractivity contribution in [3.63, 3.8) is 0 Å². The van der Waals surface area contributed by atoms with Gasteiger partial charge in [0.05, 0.1) is 5.39 Å². The third kappa shape index (κ3) is 3.58. The molecular weight excluding hydrogens is 375 g/mol. The number of carbonyl (C=O) groups is 1. The zero-order chi connectivity index (χ0) is 19.8. The zero-order valence-electron chi connectivity index (χ0n) is 15.8. The Bertz CT molecular complexity index is 1020. The first-order chi connectivity index (χ1) is 14.2. The standard InChI is InChI=1S/C22H21FN2O4/c23-16-3-1-14(2-4-16)21(26)15-7-9-25(10-8-15)11-17-12-27-20-6-5-19-18(13-28-24-19)22(20)29-17/h1-6,13,15,17H,7-12H2. The van der Waals surface area contributed by atoms with Gasteiger partial charge in [-0.1, -0.05) is 5.16 Å². The molecule has 0 radical (unpaired) electrons. The van der Waals surface area contributed by atoms with E-state index in [0.29, 0.717) is 23.7 Å². The van der Waals surface area contributed by atoms with Crippen LogP contribution < -0.4 is 9.47 Å². The van der Waals surface area contributed by atoms with E-state index in [1.165, 1.54) is 12.1 Å². The van der Waals surface area contributed by atoms with Crippen LogP contribution in [0, 0.1) is 11.7 Å². The molecule has 6 nitrogen and oxygen atoms in total. The van der Waals surface area contributed by atoms with Crippen LogP contribution in [0.25, 0.3) is 10.9 Å². The number of Topliss-reactive ketones (excluding diaryl/α,β-unsaturated/α-hetero) is 1. The van der Waals surface area contributed by atoms with Crippen molar-refractivity contribution >= 4 is 16.7 Å². The van der Waals surface area contributed by atoms with Crippen molar-refractivity contribution in [3.8, 4) is 11.5 Å². The molecule has 1 saturated heterocycles. The molecule has 3 heterocycles. The van der Waals surface area contributed by atoms with Gasteiger partial charge in [-0.2, -0.15) is 0 Å². The summed E-state index contributed by atoms with van der Waals surface area (Å²) in [5.41, 5.74) is 1.33. The molecule has 1 unspecified atom stereocenters. The minimum absolute atomic E-state index is 0.0161. The van der Waals surface area contributed by atoms with Crippen LogP contribution in [0.15, 0.2) is 47.2 Å². The predicted molar refractivity (Wildman–Crippen MR) is 104 cm³/mol. The monoisotopic (exact) mass is 396 g/mol. The number of aromatic nitrogens is 1. The van der Waals surface area contributed by atoms with Gasteiger partial charge in [-0.25, -0.2) is 4.39 Å². The molecule has 0 aliphatic carbocycles. The van der Waals surface area contributed by atoms with Gasteiger partial charge < -0.3 is 14.0 Å². The Balaban J connectivity index is 1.19. The maximum Gasteiger partial charge on any atom is 0.174 e. The van der Waals surface area contributed by atoms with Gasteiger partial charge in [-0.05, 0) is 62.3 Å². The second-order valence-corrected chi connectivity index (χ2v) is 7.64. The fourth-order valence-electron chi connectivity index (χ4n) is 4.12. The van der Waals surface area contributed by atoms with Crippen LogP contribution in [0.1, 0.15) is 23.2 Å². The minimum Gasteiger partial charge on any atom is -0.486 e. The molecule has 0 amide bonds. The first kappa shape index (κ1) is 18.1. The number of halogens is 1. The van der Waals surface area contributed by atoms with Crippen LogP contribution in [0.4, 0.5) is 4.39 Å². The summed E-state index contributed by atoms with van der Waals surface area (Å²) in [6.07, 6.45) is 3.06. The van der Waals surface area contributed by atoms with Gasteiger partial charge in [0.1, 0.15) is 30.3 Å². The van der Waals surface area contributed by atoms with Crippen molar-refractivity contribution in [1.82, 2.24) is 10.1 Å². The van der Waals surface area contributed by atoms with Crippen LogP contribution in [-0.4, -0.2) is 48.2 Å². The number of carbonyl (C=O) groups excluding carboxylic acids is 1. The van der Waals surface area contributed by atoms with E-state index in [-0.39, 0.29) is 23.6 Å². The largest absolute Gasteiger partial charge is 0.486 e. The summed E-state index contributed by atoms with van der Waals surface area (Å²) in [5, 5.41) is 4.76. The van der Waals surface area contributed by atoms with E-state index in [2.05, 4.69) is 10.1 Å². The lowest BCUT2D eigenvalue weighted by molar-refractivity contribution is 0.0475. The van der Waals surface area contributed by atoms with Crippen molar-refractivity contribution < 1.29 is 23.2 Å². The molecule has 0 spiro atoms. The molecule has 3 aromatic rings. The Morgan fingerprint density at radius 2 is 1.93 bits per heavy atom. The molecule has 0 bridgehead atoms. The van der Waals surface area contributed by atoms with Crippen molar-refractivity contribution in [2.75, 3.05) is 26.2 Å². The number of likely N-dealkylation sites (tertiary alicyclic amines) is 1. The Morgan fingerprint density at radius 1 is 1.14 bits per heavy atom. The maximum atomic E-state index is 13.1. The number of ketones is 1. The summed E-state index contributed by atoms with van der Waals surface area (Å²) < 4.78 is 30.2. The summed E-state index contributed by atoms with van der Waals surface area (Å²) in [6.45, 7) is 2.86. The summed E-state index contributed by atoms with van der Waals surface area (Å²) in [5.74, 6) is 1.15. The smallest absolute Gasteiger partial charge is 0.174 e. The molecule has 2 aromatic carbocycles. The van der Waals surface area contributed by atoms with Crippen molar-refractivity contribution in [2.24, 2.45) is 5.92 Å². The van der Waals surface area contributed by atoms with E-state index in [4.69, 9.17) is 14.0 Å². The van der Waals surface area contributed by atoms with Crippen LogP contribution in [-0.2, 0) is 0 Å². The van der Waals surface area contributed by atoms with E-state index in [1.807, 2.05) is 12.1 Å². The van der Waals surface area contributed by atoms with Gasteiger partial charge in [0.15, 0.2) is 17.3 Å². The Hall–Kier alpha value is -2.93. The van der Waals surface area contributed by atoms with Crippen LogP contribution >= 0.6 is 0 Å². The van der Waals surface area contributed by atoms with Crippen molar-refractivity contribution in [1.29, 1.82) is 0 Å². The lowest BCUT2D eigenvalue weighted by atomic mass is 9.89. The van der Waals surface area contributed by atoms with Gasteiger partial charge in [0, 0.05) is 18.0 Å². The predicted octanol–water partition coefficient (Wildman–Crippen LogP) is 3.70. The molecule has 1 atom stereocenters. The first-order valence-corrected chi connectivity index (χ1v) is 9.86. The Labute approximate surface area is 167 Å². The van der Waals surface area contributed by atoms with E-state index >= 15 is 0 Å². The van der Waals surface area contributed by atoms with Gasteiger partial charge in [0.25, 0.3) is 0 Å². The van der Waals surface area contributed by atoms with E-state index < -0.39 is 0 Å². The Kier molecular flexibility index (Phi) is 4.67. The number of nitrogens with zero attached hydrogens (tertiary/aromatic N) is 2. The second-order valence-electron chi connectivity index (χ2n) is 7.64. The van der Waals surface area contributed by atoms with Crippen LogP contribution in [0.5, 0.6) is 11.5 Å². The number of rotatable bonds is 4. The van der Waals surface area contributed by atoms with E-state index in [9.17, 15) is 9.18 Å². The average molecular weight is 396 g/mol. The SMILES string of the molecule is O=C(c1ccc(F)cc1)C1CCN(CC2COc3ccc4nocc4c3O2)CC1. The molecule has 1 fully saturated rings. The fraction of sp³-hybridized carbons (Fsp3) is 0.364. The fourth-order valence-corrected chi connectivity index (χ4v) is 4.12. The lowest BCUT2D eigenvalue weighted by Gasteiger charge is -2.35. The molecule has 7 heteroatoms.